The summed E-state index contributed by atoms with van der Waals surface area (Å²) >= 11 is 0. The van der Waals surface area contributed by atoms with Crippen LogP contribution in [0.2, 0.25) is 0 Å². The number of aryl methyl sites for hydroxylation is 1. The average molecular weight is 338 g/mol. The minimum absolute atomic E-state index is 0.0335. The summed E-state index contributed by atoms with van der Waals surface area (Å²) in [4.78, 5) is 24.4. The molecule has 5 nitrogen and oxygen atoms in total. The molecule has 2 N–H and O–H groups in total. The van der Waals surface area contributed by atoms with Gasteiger partial charge in [-0.3, -0.25) is 9.59 Å². The summed E-state index contributed by atoms with van der Waals surface area (Å²) in [6, 6.07) is 10.9. The highest BCUT2D eigenvalue weighted by molar-refractivity contribution is 5.99. The van der Waals surface area contributed by atoms with Crippen LogP contribution in [0.3, 0.4) is 0 Å². The number of carbonyl (C=O) groups excluding carboxylic acids is 2. The van der Waals surface area contributed by atoms with E-state index in [1.165, 1.54) is 0 Å². The van der Waals surface area contributed by atoms with E-state index < -0.39 is 0 Å². The Kier molecular flexibility index (Phi) is 5.67. The van der Waals surface area contributed by atoms with Crippen molar-refractivity contribution < 1.29 is 14.0 Å². The summed E-state index contributed by atoms with van der Waals surface area (Å²) in [6.07, 6.45) is 9.21. The van der Waals surface area contributed by atoms with Crippen LogP contribution >= 0.6 is 0 Å². The van der Waals surface area contributed by atoms with Crippen molar-refractivity contribution in [1.29, 1.82) is 0 Å². The molecule has 1 aromatic carbocycles. The van der Waals surface area contributed by atoms with Crippen LogP contribution in [0, 0.1) is 5.92 Å². The van der Waals surface area contributed by atoms with Gasteiger partial charge in [-0.1, -0.05) is 24.3 Å². The van der Waals surface area contributed by atoms with E-state index in [2.05, 4.69) is 22.8 Å². The van der Waals surface area contributed by atoms with Gasteiger partial charge in [0.2, 0.25) is 11.8 Å². The molecule has 1 heterocycles. The fraction of sp³-hybridized carbons (Fsp3) is 0.300. The number of nitrogens with one attached hydrogen (secondary N) is 2. The molecule has 0 aliphatic heterocycles. The first kappa shape index (κ1) is 17.0. The van der Waals surface area contributed by atoms with Gasteiger partial charge in [-0.15, -0.1) is 0 Å². The molecular weight excluding hydrogens is 316 g/mol. The van der Waals surface area contributed by atoms with E-state index in [0.717, 1.165) is 18.6 Å². The smallest absolute Gasteiger partial charge is 0.225 e. The van der Waals surface area contributed by atoms with Crippen LogP contribution in [0.1, 0.15) is 31.4 Å². The lowest BCUT2D eigenvalue weighted by Crippen LogP contribution is -2.18. The molecule has 1 atom stereocenters. The SMILES string of the molecule is O=C(CCc1ccco1)Nc1ccccc1NC(=O)C[C@H]1C=CCC1. The summed E-state index contributed by atoms with van der Waals surface area (Å²) in [5, 5.41) is 5.77. The third kappa shape index (κ3) is 5.08. The second kappa shape index (κ2) is 8.33. The molecule has 0 fully saturated rings. The Bertz CT molecular complexity index is 750. The lowest BCUT2D eigenvalue weighted by molar-refractivity contribution is -0.117. The third-order valence-electron chi connectivity index (χ3n) is 4.21. The predicted molar refractivity (Wildman–Crippen MR) is 97.2 cm³/mol. The van der Waals surface area contributed by atoms with Crippen LogP contribution < -0.4 is 10.6 Å². The highest BCUT2D eigenvalue weighted by Gasteiger charge is 2.15. The van der Waals surface area contributed by atoms with Crippen molar-refractivity contribution in [3.63, 3.8) is 0 Å². The minimum Gasteiger partial charge on any atom is -0.469 e. The first-order valence-electron chi connectivity index (χ1n) is 8.58. The van der Waals surface area contributed by atoms with Gasteiger partial charge in [0, 0.05) is 19.3 Å². The zero-order valence-electron chi connectivity index (χ0n) is 14.0. The van der Waals surface area contributed by atoms with Gasteiger partial charge in [-0.2, -0.15) is 0 Å². The lowest BCUT2D eigenvalue weighted by Gasteiger charge is -2.13. The molecule has 1 aliphatic carbocycles. The van der Waals surface area contributed by atoms with E-state index in [9.17, 15) is 9.59 Å². The van der Waals surface area contributed by atoms with Gasteiger partial charge in [0.1, 0.15) is 5.76 Å². The number of furan rings is 1. The van der Waals surface area contributed by atoms with Crippen molar-refractivity contribution in [2.75, 3.05) is 10.6 Å². The molecule has 0 bridgehead atoms. The maximum atomic E-state index is 12.2. The molecule has 3 rings (SSSR count). The average Bonchev–Trinajstić information content (AvgIpc) is 3.28. The number of benzene rings is 1. The Balaban J connectivity index is 1.55. The van der Waals surface area contributed by atoms with Crippen LogP contribution in [0.25, 0.3) is 0 Å². The zero-order valence-corrected chi connectivity index (χ0v) is 14.0. The number of rotatable bonds is 7. The molecule has 25 heavy (non-hydrogen) atoms. The van der Waals surface area contributed by atoms with Gasteiger partial charge < -0.3 is 15.1 Å². The molecule has 5 heteroatoms. The number of anilines is 2. The molecule has 0 saturated heterocycles. The number of para-hydroxylation sites is 2. The Morgan fingerprint density at radius 2 is 1.80 bits per heavy atom. The summed E-state index contributed by atoms with van der Waals surface area (Å²) in [5.41, 5.74) is 1.24. The van der Waals surface area contributed by atoms with E-state index in [0.29, 0.717) is 36.6 Å². The van der Waals surface area contributed by atoms with Crippen molar-refractivity contribution in [1.82, 2.24) is 0 Å². The Labute approximate surface area is 147 Å². The van der Waals surface area contributed by atoms with Crippen molar-refractivity contribution in [2.45, 2.75) is 32.1 Å². The van der Waals surface area contributed by atoms with Crippen molar-refractivity contribution in [3.8, 4) is 0 Å². The fourth-order valence-electron chi connectivity index (χ4n) is 2.91. The number of hydrogen-bond acceptors (Lipinski definition) is 3. The Morgan fingerprint density at radius 1 is 1.04 bits per heavy atom. The first-order valence-corrected chi connectivity index (χ1v) is 8.58. The molecule has 1 aromatic heterocycles. The summed E-state index contributed by atoms with van der Waals surface area (Å²) in [7, 11) is 0. The summed E-state index contributed by atoms with van der Waals surface area (Å²) in [5.74, 6) is 0.946. The van der Waals surface area contributed by atoms with Crippen molar-refractivity contribution in [3.05, 3.63) is 60.6 Å². The second-order valence-electron chi connectivity index (χ2n) is 6.19. The van der Waals surface area contributed by atoms with Crippen molar-refractivity contribution in [2.24, 2.45) is 5.92 Å². The number of carbonyl (C=O) groups is 2. The van der Waals surface area contributed by atoms with Crippen LogP contribution in [0.4, 0.5) is 11.4 Å². The van der Waals surface area contributed by atoms with Crippen LogP contribution in [0.5, 0.6) is 0 Å². The monoisotopic (exact) mass is 338 g/mol. The lowest BCUT2D eigenvalue weighted by atomic mass is 10.0. The topological polar surface area (TPSA) is 71.3 Å². The molecule has 2 aromatic rings. The van der Waals surface area contributed by atoms with Gasteiger partial charge in [-0.05, 0) is 43.0 Å². The van der Waals surface area contributed by atoms with Gasteiger partial charge in [0.05, 0.1) is 17.6 Å². The molecule has 0 radical (unpaired) electrons. The van der Waals surface area contributed by atoms with Crippen LogP contribution in [0.15, 0.2) is 59.2 Å². The molecule has 1 aliphatic rings. The van der Waals surface area contributed by atoms with Crippen LogP contribution in [-0.4, -0.2) is 11.8 Å². The van der Waals surface area contributed by atoms with E-state index in [4.69, 9.17) is 4.42 Å². The third-order valence-corrected chi connectivity index (χ3v) is 4.21. The zero-order chi connectivity index (χ0) is 17.5. The van der Waals surface area contributed by atoms with E-state index in [-0.39, 0.29) is 11.8 Å². The quantitative estimate of drug-likeness (QED) is 0.745. The molecule has 0 unspecified atom stereocenters. The molecule has 0 spiro atoms. The van der Waals surface area contributed by atoms with Crippen molar-refractivity contribution >= 4 is 23.2 Å². The number of hydrogen-bond donors (Lipinski definition) is 2. The highest BCUT2D eigenvalue weighted by atomic mass is 16.3. The van der Waals surface area contributed by atoms with E-state index >= 15 is 0 Å². The first-order chi connectivity index (χ1) is 12.2. The molecule has 0 saturated carbocycles. The van der Waals surface area contributed by atoms with Crippen LogP contribution in [-0.2, 0) is 16.0 Å². The summed E-state index contributed by atoms with van der Waals surface area (Å²) in [6.45, 7) is 0. The number of amides is 2. The Hall–Kier alpha value is -2.82. The van der Waals surface area contributed by atoms with Gasteiger partial charge >= 0.3 is 0 Å². The van der Waals surface area contributed by atoms with Gasteiger partial charge in [-0.25, -0.2) is 0 Å². The second-order valence-corrected chi connectivity index (χ2v) is 6.19. The summed E-state index contributed by atoms with van der Waals surface area (Å²) < 4.78 is 5.23. The normalized spacial score (nSPS) is 15.9. The maximum Gasteiger partial charge on any atom is 0.225 e. The van der Waals surface area contributed by atoms with Gasteiger partial charge in [0.15, 0.2) is 0 Å². The fourth-order valence-corrected chi connectivity index (χ4v) is 2.91. The van der Waals surface area contributed by atoms with E-state index in [1.54, 1.807) is 24.5 Å². The molecule has 130 valence electrons. The standard InChI is InChI=1S/C20H22N2O3/c23-19(12-11-16-8-5-13-25-16)21-17-9-3-4-10-18(17)22-20(24)14-15-6-1-2-7-15/h1,3-6,8-10,13,15H,2,7,11-12,14H2,(H,21,23)(H,22,24)/t15-/m0/s1. The number of allylic oxidation sites excluding steroid dienone is 2. The largest absolute Gasteiger partial charge is 0.469 e. The molecular formula is C20H22N2O3. The minimum atomic E-state index is -0.114. The highest BCUT2D eigenvalue weighted by Crippen LogP contribution is 2.24. The predicted octanol–water partition coefficient (Wildman–Crippen LogP) is 4.15. The molecule has 2 amide bonds. The van der Waals surface area contributed by atoms with Gasteiger partial charge in [0.25, 0.3) is 0 Å². The van der Waals surface area contributed by atoms with E-state index in [1.807, 2.05) is 18.2 Å². The Morgan fingerprint density at radius 3 is 2.44 bits per heavy atom. The maximum absolute atomic E-state index is 12.2.